The molecule has 1 saturated heterocycles. The van der Waals surface area contributed by atoms with Gasteiger partial charge in [0.15, 0.2) is 0 Å². The molecule has 9 nitrogen and oxygen atoms in total. The van der Waals surface area contributed by atoms with Crippen LogP contribution in [0.5, 0.6) is 5.88 Å². The number of nitrogens with one attached hydrogen (secondary N) is 1. The minimum atomic E-state index is -3.52. The van der Waals surface area contributed by atoms with Crippen LogP contribution in [0.2, 0.25) is 0 Å². The number of anilines is 1. The Morgan fingerprint density at radius 1 is 1.25 bits per heavy atom. The average Bonchev–Trinajstić information content (AvgIpc) is 3.11. The van der Waals surface area contributed by atoms with Crippen LogP contribution in [-0.2, 0) is 16.4 Å². The van der Waals surface area contributed by atoms with Crippen molar-refractivity contribution in [2.45, 2.75) is 18.2 Å². The van der Waals surface area contributed by atoms with Gasteiger partial charge in [0, 0.05) is 32.2 Å². The predicted octanol–water partition coefficient (Wildman–Crippen LogP) is 0.282. The molecule has 0 aliphatic carbocycles. The number of hydrogen-bond donors (Lipinski definition) is 1. The van der Waals surface area contributed by atoms with Gasteiger partial charge in [0.05, 0.1) is 19.0 Å². The third kappa shape index (κ3) is 3.06. The lowest BCUT2D eigenvalue weighted by atomic mass is 10.3. The highest BCUT2D eigenvalue weighted by atomic mass is 32.2. The van der Waals surface area contributed by atoms with Gasteiger partial charge in [-0.2, -0.15) is 9.40 Å². The third-order valence-electron chi connectivity index (χ3n) is 4.05. The second-order valence-corrected chi connectivity index (χ2v) is 7.28. The van der Waals surface area contributed by atoms with Gasteiger partial charge in [-0.05, 0) is 6.42 Å². The Hall–Kier alpha value is -2.20. The topological polar surface area (TPSA) is 104 Å². The Morgan fingerprint density at radius 3 is 2.67 bits per heavy atom. The highest BCUT2D eigenvalue weighted by Gasteiger charge is 2.31. The molecule has 1 aliphatic rings. The second-order valence-electron chi connectivity index (χ2n) is 5.38. The Morgan fingerprint density at radius 2 is 2.00 bits per heavy atom. The molecule has 0 spiro atoms. The molecule has 0 atom stereocenters. The molecule has 0 radical (unpaired) electrons. The summed E-state index contributed by atoms with van der Waals surface area (Å²) in [6.07, 6.45) is 3.42. The number of aryl methyl sites for hydroxylation is 1. The minimum Gasteiger partial charge on any atom is -0.481 e. The Balaban J connectivity index is 1.72. The Labute approximate surface area is 140 Å². The van der Waals surface area contributed by atoms with Crippen molar-refractivity contribution in [2.24, 2.45) is 0 Å². The van der Waals surface area contributed by atoms with Gasteiger partial charge in [-0.15, -0.1) is 0 Å². The van der Waals surface area contributed by atoms with Crippen molar-refractivity contribution in [3.05, 3.63) is 24.3 Å². The van der Waals surface area contributed by atoms with Crippen LogP contribution in [0.25, 0.3) is 0 Å². The predicted molar refractivity (Wildman–Crippen MR) is 87.5 cm³/mol. The van der Waals surface area contributed by atoms with Crippen LogP contribution in [0.1, 0.15) is 12.6 Å². The standard InChI is InChI=1S/C14H20N6O3S/c1-3-11-12(9-17-18-11)24(21,22)20-6-4-19(5-7-20)13-8-14(23-2)16-10-15-13/h8-10H,3-7H2,1-2H3,(H,17,18). The highest BCUT2D eigenvalue weighted by molar-refractivity contribution is 7.89. The van der Waals surface area contributed by atoms with Gasteiger partial charge in [0.25, 0.3) is 0 Å². The summed E-state index contributed by atoms with van der Waals surface area (Å²) >= 11 is 0. The van der Waals surface area contributed by atoms with Gasteiger partial charge >= 0.3 is 0 Å². The van der Waals surface area contributed by atoms with Crippen molar-refractivity contribution in [3.63, 3.8) is 0 Å². The van der Waals surface area contributed by atoms with E-state index in [2.05, 4.69) is 20.2 Å². The lowest BCUT2D eigenvalue weighted by molar-refractivity contribution is 0.380. The molecule has 2 aromatic heterocycles. The minimum absolute atomic E-state index is 0.266. The summed E-state index contributed by atoms with van der Waals surface area (Å²) in [6, 6.07) is 1.75. The first-order valence-corrected chi connectivity index (χ1v) is 9.13. The molecule has 0 bridgehead atoms. The van der Waals surface area contributed by atoms with Crippen LogP contribution >= 0.6 is 0 Å². The summed E-state index contributed by atoms with van der Waals surface area (Å²) in [5.41, 5.74) is 0.637. The molecule has 3 rings (SSSR count). The molecule has 0 saturated carbocycles. The SMILES string of the molecule is CCc1[nH]ncc1S(=O)(=O)N1CCN(c2cc(OC)ncn2)CC1. The summed E-state index contributed by atoms with van der Waals surface area (Å²) < 4.78 is 32.1. The summed E-state index contributed by atoms with van der Waals surface area (Å²) in [5.74, 6) is 1.22. The summed E-state index contributed by atoms with van der Waals surface area (Å²) in [5, 5.41) is 6.61. The van der Waals surface area contributed by atoms with Crippen LogP contribution < -0.4 is 9.64 Å². The molecule has 0 unspecified atom stereocenters. The fourth-order valence-electron chi connectivity index (χ4n) is 2.69. The van der Waals surface area contributed by atoms with Crippen LogP contribution in [0.15, 0.2) is 23.5 Å². The first-order valence-electron chi connectivity index (χ1n) is 7.69. The molecule has 1 N–H and O–H groups in total. The van der Waals surface area contributed by atoms with Crippen LogP contribution in [0.4, 0.5) is 5.82 Å². The van der Waals surface area contributed by atoms with E-state index in [1.54, 1.807) is 13.2 Å². The molecule has 1 aliphatic heterocycles. The molecule has 0 aromatic carbocycles. The van der Waals surface area contributed by atoms with Gasteiger partial charge in [0.1, 0.15) is 17.0 Å². The zero-order valence-corrected chi connectivity index (χ0v) is 14.5. The van der Waals surface area contributed by atoms with Crippen LogP contribution in [0, 0.1) is 0 Å². The van der Waals surface area contributed by atoms with Crippen molar-refractivity contribution in [1.82, 2.24) is 24.5 Å². The van der Waals surface area contributed by atoms with E-state index in [1.165, 1.54) is 16.8 Å². The monoisotopic (exact) mass is 352 g/mol. The zero-order valence-electron chi connectivity index (χ0n) is 13.6. The maximum Gasteiger partial charge on any atom is 0.246 e. The number of nitrogens with zero attached hydrogens (tertiary/aromatic N) is 5. The summed E-state index contributed by atoms with van der Waals surface area (Å²) in [6.45, 7) is 3.79. The van der Waals surface area contributed by atoms with Crippen molar-refractivity contribution >= 4 is 15.8 Å². The number of piperazine rings is 1. The summed E-state index contributed by atoms with van der Waals surface area (Å²) in [4.78, 5) is 10.5. The molecular weight excluding hydrogens is 332 g/mol. The lowest BCUT2D eigenvalue weighted by Crippen LogP contribution is -2.49. The molecule has 3 heterocycles. The molecule has 1 fully saturated rings. The van der Waals surface area contributed by atoms with E-state index >= 15 is 0 Å². The zero-order chi connectivity index (χ0) is 17.2. The number of aromatic amines is 1. The Kier molecular flexibility index (Phi) is 4.67. The van der Waals surface area contributed by atoms with E-state index in [0.717, 1.165) is 5.82 Å². The maximum atomic E-state index is 12.8. The van der Waals surface area contributed by atoms with E-state index in [-0.39, 0.29) is 4.90 Å². The van der Waals surface area contributed by atoms with E-state index < -0.39 is 10.0 Å². The second kappa shape index (κ2) is 6.73. The normalized spacial score (nSPS) is 16.3. The number of sulfonamides is 1. The number of hydrogen-bond acceptors (Lipinski definition) is 7. The van der Waals surface area contributed by atoms with Gasteiger partial charge in [-0.3, -0.25) is 5.10 Å². The molecule has 130 valence electrons. The van der Waals surface area contributed by atoms with E-state index in [1.807, 2.05) is 11.8 Å². The fourth-order valence-corrected chi connectivity index (χ4v) is 4.30. The smallest absolute Gasteiger partial charge is 0.246 e. The summed E-state index contributed by atoms with van der Waals surface area (Å²) in [7, 11) is -1.98. The van der Waals surface area contributed by atoms with E-state index in [0.29, 0.717) is 44.2 Å². The van der Waals surface area contributed by atoms with Crippen molar-refractivity contribution in [2.75, 3.05) is 38.2 Å². The Bertz CT molecular complexity index is 798. The molecule has 0 amide bonds. The first kappa shape index (κ1) is 16.7. The number of ether oxygens (including phenoxy) is 1. The van der Waals surface area contributed by atoms with Gasteiger partial charge in [0.2, 0.25) is 15.9 Å². The molecule has 10 heteroatoms. The average molecular weight is 352 g/mol. The molecule has 2 aromatic rings. The van der Waals surface area contributed by atoms with Crippen LogP contribution in [-0.4, -0.2) is 66.2 Å². The van der Waals surface area contributed by atoms with Gasteiger partial charge in [-0.25, -0.2) is 18.4 Å². The van der Waals surface area contributed by atoms with E-state index in [4.69, 9.17) is 4.74 Å². The first-order chi connectivity index (χ1) is 11.6. The maximum absolute atomic E-state index is 12.8. The quantitative estimate of drug-likeness (QED) is 0.824. The number of rotatable bonds is 5. The molecular formula is C14H20N6O3S. The number of methoxy groups -OCH3 is 1. The lowest BCUT2D eigenvalue weighted by Gasteiger charge is -2.34. The van der Waals surface area contributed by atoms with Gasteiger partial charge in [-0.1, -0.05) is 6.92 Å². The largest absolute Gasteiger partial charge is 0.481 e. The molecule has 24 heavy (non-hydrogen) atoms. The van der Waals surface area contributed by atoms with E-state index in [9.17, 15) is 8.42 Å². The van der Waals surface area contributed by atoms with Crippen molar-refractivity contribution < 1.29 is 13.2 Å². The third-order valence-corrected chi connectivity index (χ3v) is 6.00. The van der Waals surface area contributed by atoms with Gasteiger partial charge < -0.3 is 9.64 Å². The van der Waals surface area contributed by atoms with Crippen molar-refractivity contribution in [3.8, 4) is 5.88 Å². The fraction of sp³-hybridized carbons (Fsp3) is 0.500. The number of aromatic nitrogens is 4. The number of H-pyrrole nitrogens is 1. The van der Waals surface area contributed by atoms with Crippen molar-refractivity contribution in [1.29, 1.82) is 0 Å². The highest BCUT2D eigenvalue weighted by Crippen LogP contribution is 2.22. The van der Waals surface area contributed by atoms with Crippen LogP contribution in [0.3, 0.4) is 0 Å².